The molecule has 1 aromatic rings. The summed E-state index contributed by atoms with van der Waals surface area (Å²) < 4.78 is 13.0. The summed E-state index contributed by atoms with van der Waals surface area (Å²) in [5, 5.41) is 8.94. The predicted octanol–water partition coefficient (Wildman–Crippen LogP) is 1.53. The Morgan fingerprint density at radius 2 is 2.27 bits per heavy atom. The molecule has 1 rings (SSSR count). The molecular weight excluding hydrogens is 225 g/mol. The van der Waals surface area contributed by atoms with E-state index in [1.54, 1.807) is 0 Å². The summed E-state index contributed by atoms with van der Waals surface area (Å²) in [7, 11) is 0. The number of aromatic hydroxyl groups is 1. The van der Waals surface area contributed by atoms with E-state index in [1.165, 1.54) is 6.07 Å². The van der Waals surface area contributed by atoms with Gasteiger partial charge in [0.05, 0.1) is 11.4 Å². The summed E-state index contributed by atoms with van der Waals surface area (Å²) in [6.07, 6.45) is 0.268. The first-order chi connectivity index (χ1) is 7.04. The summed E-state index contributed by atoms with van der Waals surface area (Å²) >= 11 is 5.54. The number of halogens is 2. The van der Waals surface area contributed by atoms with Gasteiger partial charge in [0.2, 0.25) is 0 Å². The highest BCUT2D eigenvalue weighted by molar-refractivity contribution is 6.32. The van der Waals surface area contributed by atoms with E-state index in [0.717, 1.165) is 6.07 Å². The minimum Gasteiger partial charge on any atom is -0.504 e. The maximum Gasteiger partial charge on any atom is 0.324 e. The van der Waals surface area contributed by atoms with E-state index in [2.05, 4.69) is 10.7 Å². The number of phenolic OH excluding ortho intramolecular Hbond substituents is 1. The van der Waals surface area contributed by atoms with Gasteiger partial charge in [-0.05, 0) is 24.1 Å². The summed E-state index contributed by atoms with van der Waals surface area (Å²) in [6.45, 7) is 0. The van der Waals surface area contributed by atoms with Gasteiger partial charge in [-0.3, -0.25) is 4.79 Å². The van der Waals surface area contributed by atoms with Crippen molar-refractivity contribution in [1.82, 2.24) is 0 Å². The maximum atomic E-state index is 13.0. The summed E-state index contributed by atoms with van der Waals surface area (Å²) in [5.41, 5.74) is 0.487. The Morgan fingerprint density at radius 3 is 2.80 bits per heavy atom. The fourth-order valence-electron chi connectivity index (χ4n) is 1.07. The van der Waals surface area contributed by atoms with Gasteiger partial charge >= 0.3 is 5.97 Å². The van der Waals surface area contributed by atoms with Crippen LogP contribution in [-0.2, 0) is 16.1 Å². The normalized spacial score (nSPS) is 10.1. The molecule has 0 aliphatic rings. The highest BCUT2D eigenvalue weighted by atomic mass is 35.5. The van der Waals surface area contributed by atoms with Gasteiger partial charge < -0.3 is 9.94 Å². The van der Waals surface area contributed by atoms with E-state index in [0.29, 0.717) is 5.56 Å². The first-order valence-electron chi connectivity index (χ1n) is 4.11. The van der Waals surface area contributed by atoms with Crippen molar-refractivity contribution in [3.63, 3.8) is 0 Å². The van der Waals surface area contributed by atoms with Gasteiger partial charge in [0.1, 0.15) is 0 Å². The van der Waals surface area contributed by atoms with Crippen LogP contribution in [-0.4, -0.2) is 11.1 Å². The van der Waals surface area contributed by atoms with Crippen LogP contribution in [0.4, 0.5) is 4.39 Å². The molecule has 6 heteroatoms. The van der Waals surface area contributed by atoms with Crippen LogP contribution in [0, 0.1) is 5.82 Å². The molecule has 0 radical (unpaired) electrons. The molecule has 82 valence electrons. The monoisotopic (exact) mass is 233 g/mol. The summed E-state index contributed by atoms with van der Waals surface area (Å²) in [6, 6.07) is 2.48. The summed E-state index contributed by atoms with van der Waals surface area (Å²) in [4.78, 5) is 14.6. The van der Waals surface area contributed by atoms with Gasteiger partial charge in [-0.25, -0.2) is 4.39 Å². The van der Waals surface area contributed by atoms with E-state index >= 15 is 0 Å². The average Bonchev–Trinajstić information content (AvgIpc) is 2.22. The molecule has 0 heterocycles. The second-order valence-electron chi connectivity index (χ2n) is 2.90. The second-order valence-corrected chi connectivity index (χ2v) is 3.31. The molecule has 1 aromatic carbocycles. The zero-order valence-electron chi connectivity index (χ0n) is 7.67. The van der Waals surface area contributed by atoms with Crippen LogP contribution in [0.2, 0.25) is 5.02 Å². The standard InChI is InChI=1S/C9H9ClFNO3/c10-6-3-5(1-2-8(13)15-12)4-7(11)9(6)14/h3-4,14H,1-2,12H2. The van der Waals surface area contributed by atoms with Gasteiger partial charge in [0.15, 0.2) is 11.6 Å². The lowest BCUT2D eigenvalue weighted by molar-refractivity contribution is -0.144. The molecule has 4 nitrogen and oxygen atoms in total. The first-order valence-corrected chi connectivity index (χ1v) is 4.49. The van der Waals surface area contributed by atoms with Crippen LogP contribution >= 0.6 is 11.6 Å². The summed E-state index contributed by atoms with van der Waals surface area (Å²) in [5.74, 6) is 2.62. The third-order valence-electron chi connectivity index (χ3n) is 1.83. The van der Waals surface area contributed by atoms with Crippen molar-refractivity contribution in [2.24, 2.45) is 5.90 Å². The van der Waals surface area contributed by atoms with Crippen molar-refractivity contribution in [2.75, 3.05) is 0 Å². The van der Waals surface area contributed by atoms with Gasteiger partial charge in [-0.1, -0.05) is 11.6 Å². The molecule has 0 unspecified atom stereocenters. The smallest absolute Gasteiger partial charge is 0.324 e. The van der Waals surface area contributed by atoms with Crippen molar-refractivity contribution in [3.8, 4) is 5.75 Å². The molecular formula is C9H9ClFNO3. The Labute approximate surface area is 90.4 Å². The van der Waals surface area contributed by atoms with Gasteiger partial charge in [-0.15, -0.1) is 0 Å². The zero-order chi connectivity index (χ0) is 11.4. The number of aryl methyl sites for hydroxylation is 1. The molecule has 0 atom stereocenters. The van der Waals surface area contributed by atoms with E-state index in [4.69, 9.17) is 16.7 Å². The number of benzene rings is 1. The SMILES string of the molecule is NOC(=O)CCc1cc(F)c(O)c(Cl)c1. The Bertz CT molecular complexity index is 361. The number of nitrogens with two attached hydrogens (primary N) is 1. The quantitative estimate of drug-likeness (QED) is 0.777. The Kier molecular flexibility index (Phi) is 3.88. The number of hydrogen-bond donors (Lipinski definition) is 2. The Hall–Kier alpha value is -1.33. The number of carbonyl (C=O) groups excluding carboxylic acids is 1. The lowest BCUT2D eigenvalue weighted by Gasteiger charge is -2.03. The molecule has 0 fully saturated rings. The van der Waals surface area contributed by atoms with Gasteiger partial charge in [-0.2, -0.15) is 5.90 Å². The number of phenols is 1. The number of rotatable bonds is 3. The molecule has 0 aromatic heterocycles. The lowest BCUT2D eigenvalue weighted by Crippen LogP contribution is -2.10. The van der Waals surface area contributed by atoms with Gasteiger partial charge in [0.25, 0.3) is 0 Å². The van der Waals surface area contributed by atoms with Crippen LogP contribution in [0.3, 0.4) is 0 Å². The largest absolute Gasteiger partial charge is 0.504 e. The molecule has 15 heavy (non-hydrogen) atoms. The first kappa shape index (κ1) is 11.7. The van der Waals surface area contributed by atoms with Crippen LogP contribution < -0.4 is 5.90 Å². The highest BCUT2D eigenvalue weighted by Gasteiger charge is 2.09. The fourth-order valence-corrected chi connectivity index (χ4v) is 1.30. The molecule has 0 saturated carbocycles. The Balaban J connectivity index is 2.75. The minimum absolute atomic E-state index is 0.0248. The average molecular weight is 234 g/mol. The van der Waals surface area contributed by atoms with E-state index < -0.39 is 17.5 Å². The molecule has 0 aliphatic carbocycles. The number of hydrogen-bond acceptors (Lipinski definition) is 4. The molecule has 0 amide bonds. The van der Waals surface area contributed by atoms with Crippen molar-refractivity contribution in [1.29, 1.82) is 0 Å². The minimum atomic E-state index is -0.821. The molecule has 0 aliphatic heterocycles. The molecule has 0 bridgehead atoms. The second kappa shape index (κ2) is 4.95. The third-order valence-corrected chi connectivity index (χ3v) is 2.11. The Morgan fingerprint density at radius 1 is 1.60 bits per heavy atom. The number of carbonyl (C=O) groups is 1. The van der Waals surface area contributed by atoms with Crippen LogP contribution in [0.25, 0.3) is 0 Å². The highest BCUT2D eigenvalue weighted by Crippen LogP contribution is 2.28. The lowest BCUT2D eigenvalue weighted by atomic mass is 10.1. The molecule has 3 N–H and O–H groups in total. The third kappa shape index (κ3) is 3.07. The molecule has 0 saturated heterocycles. The maximum absolute atomic E-state index is 13.0. The van der Waals surface area contributed by atoms with Crippen molar-refractivity contribution >= 4 is 17.6 Å². The van der Waals surface area contributed by atoms with Crippen LogP contribution in [0.15, 0.2) is 12.1 Å². The molecule has 0 spiro atoms. The van der Waals surface area contributed by atoms with Crippen molar-refractivity contribution in [3.05, 3.63) is 28.5 Å². The van der Waals surface area contributed by atoms with E-state index in [9.17, 15) is 9.18 Å². The van der Waals surface area contributed by atoms with E-state index in [1.807, 2.05) is 0 Å². The topological polar surface area (TPSA) is 72.5 Å². The van der Waals surface area contributed by atoms with Gasteiger partial charge in [0, 0.05) is 0 Å². The van der Waals surface area contributed by atoms with Crippen molar-refractivity contribution in [2.45, 2.75) is 12.8 Å². The van der Waals surface area contributed by atoms with Crippen molar-refractivity contribution < 1.29 is 19.1 Å². The fraction of sp³-hybridized carbons (Fsp3) is 0.222. The zero-order valence-corrected chi connectivity index (χ0v) is 8.42. The predicted molar refractivity (Wildman–Crippen MR) is 51.7 cm³/mol. The van der Waals surface area contributed by atoms with Crippen LogP contribution in [0.1, 0.15) is 12.0 Å². The van der Waals surface area contributed by atoms with E-state index in [-0.39, 0.29) is 17.9 Å². The van der Waals surface area contributed by atoms with Crippen LogP contribution in [0.5, 0.6) is 5.75 Å².